The number of hydrogen-bond donors (Lipinski definition) is 1. The van der Waals surface area contributed by atoms with Crippen molar-refractivity contribution in [3.63, 3.8) is 0 Å². The molecule has 0 bridgehead atoms. The third-order valence-corrected chi connectivity index (χ3v) is 3.00. The highest BCUT2D eigenvalue weighted by Gasteiger charge is 2.33. The van der Waals surface area contributed by atoms with Gasteiger partial charge in [0.25, 0.3) is 0 Å². The van der Waals surface area contributed by atoms with E-state index in [2.05, 4.69) is 10.3 Å². The van der Waals surface area contributed by atoms with E-state index in [4.69, 9.17) is 11.6 Å². The Balaban J connectivity index is 2.06. The topological polar surface area (TPSA) is 24.9 Å². The number of nitrogens with one attached hydrogen (secondary N) is 1. The predicted molar refractivity (Wildman–Crippen MR) is 72.9 cm³/mol. The average molecular weight is 301 g/mol. The smallest absolute Gasteiger partial charge is 0.384 e. The monoisotopic (exact) mass is 300 g/mol. The Morgan fingerprint density at radius 3 is 2.45 bits per heavy atom. The fraction of sp³-hybridized carbons (Fsp3) is 0.214. The van der Waals surface area contributed by atoms with E-state index in [1.165, 1.54) is 12.1 Å². The number of alkyl halides is 3. The molecule has 0 aliphatic rings. The Morgan fingerprint density at radius 2 is 1.80 bits per heavy atom. The largest absolute Gasteiger partial charge is 0.418 e. The minimum Gasteiger partial charge on any atom is -0.384 e. The van der Waals surface area contributed by atoms with Crippen LogP contribution in [-0.2, 0) is 12.6 Å². The Morgan fingerprint density at radius 1 is 1.10 bits per heavy atom. The van der Waals surface area contributed by atoms with Gasteiger partial charge in [0.05, 0.1) is 5.56 Å². The average Bonchev–Trinajstić information content (AvgIpc) is 2.40. The maximum atomic E-state index is 12.9. The van der Waals surface area contributed by atoms with Crippen molar-refractivity contribution in [2.45, 2.75) is 12.6 Å². The normalized spacial score (nSPS) is 11.4. The molecular weight excluding hydrogens is 289 g/mol. The van der Waals surface area contributed by atoms with Gasteiger partial charge < -0.3 is 5.32 Å². The standard InChI is InChI=1S/C14H12ClF3N2/c15-11-1-2-13(12(9-11)14(16,17)18)20-8-5-10-3-6-19-7-4-10/h1-4,6-7,9,20H,5,8H2. The van der Waals surface area contributed by atoms with Crippen molar-refractivity contribution >= 4 is 17.3 Å². The van der Waals surface area contributed by atoms with Gasteiger partial charge in [0, 0.05) is 29.6 Å². The molecule has 2 aromatic rings. The van der Waals surface area contributed by atoms with E-state index in [1.54, 1.807) is 12.4 Å². The van der Waals surface area contributed by atoms with Gasteiger partial charge in [0.15, 0.2) is 0 Å². The second kappa shape index (κ2) is 6.13. The summed E-state index contributed by atoms with van der Waals surface area (Å²) in [7, 11) is 0. The van der Waals surface area contributed by atoms with Gasteiger partial charge in [0.1, 0.15) is 0 Å². The third kappa shape index (κ3) is 3.87. The highest BCUT2D eigenvalue weighted by Crippen LogP contribution is 2.36. The summed E-state index contributed by atoms with van der Waals surface area (Å²) in [6.07, 6.45) is -0.510. The van der Waals surface area contributed by atoms with Crippen LogP contribution in [-0.4, -0.2) is 11.5 Å². The Labute approximate surface area is 119 Å². The zero-order valence-electron chi connectivity index (χ0n) is 10.4. The Hall–Kier alpha value is -1.75. The van der Waals surface area contributed by atoms with E-state index in [1.807, 2.05) is 12.1 Å². The molecule has 0 unspecified atom stereocenters. The molecule has 0 saturated heterocycles. The maximum Gasteiger partial charge on any atom is 0.418 e. The predicted octanol–water partition coefficient (Wildman–Crippen LogP) is 4.41. The molecule has 1 N–H and O–H groups in total. The maximum absolute atomic E-state index is 12.9. The number of pyridine rings is 1. The number of anilines is 1. The second-order valence-electron chi connectivity index (χ2n) is 4.22. The number of benzene rings is 1. The molecule has 0 amide bonds. The van der Waals surface area contributed by atoms with E-state index in [9.17, 15) is 13.2 Å². The minimum atomic E-state index is -4.43. The molecule has 1 aromatic carbocycles. The van der Waals surface area contributed by atoms with Gasteiger partial charge in [-0.05, 0) is 42.3 Å². The number of rotatable bonds is 4. The van der Waals surface area contributed by atoms with Crippen molar-refractivity contribution in [1.82, 2.24) is 4.98 Å². The SMILES string of the molecule is FC(F)(F)c1cc(Cl)ccc1NCCc1ccncc1. The first-order chi connectivity index (χ1) is 9.47. The van der Waals surface area contributed by atoms with Gasteiger partial charge in [-0.1, -0.05) is 11.6 Å². The van der Waals surface area contributed by atoms with Gasteiger partial charge in [0.2, 0.25) is 0 Å². The van der Waals surface area contributed by atoms with Crippen molar-refractivity contribution in [3.8, 4) is 0 Å². The summed E-state index contributed by atoms with van der Waals surface area (Å²) in [4.78, 5) is 3.88. The molecule has 0 atom stereocenters. The summed E-state index contributed by atoms with van der Waals surface area (Å²) in [6, 6.07) is 7.36. The molecule has 1 heterocycles. The fourth-order valence-corrected chi connectivity index (χ4v) is 1.97. The summed E-state index contributed by atoms with van der Waals surface area (Å²) in [5.41, 5.74) is 0.297. The molecule has 0 spiro atoms. The van der Waals surface area contributed by atoms with Crippen LogP contribution in [0.4, 0.5) is 18.9 Å². The van der Waals surface area contributed by atoms with Crippen LogP contribution in [0.1, 0.15) is 11.1 Å². The van der Waals surface area contributed by atoms with E-state index < -0.39 is 11.7 Å². The molecule has 1 aromatic heterocycles. The first kappa shape index (κ1) is 14.7. The molecule has 2 nitrogen and oxygen atoms in total. The van der Waals surface area contributed by atoms with Crippen LogP contribution in [0.15, 0.2) is 42.7 Å². The molecular formula is C14H12ClF3N2. The van der Waals surface area contributed by atoms with Gasteiger partial charge in [-0.15, -0.1) is 0 Å². The van der Waals surface area contributed by atoms with Crippen LogP contribution >= 0.6 is 11.6 Å². The van der Waals surface area contributed by atoms with Crippen molar-refractivity contribution in [2.24, 2.45) is 0 Å². The lowest BCUT2D eigenvalue weighted by Crippen LogP contribution is -2.12. The lowest BCUT2D eigenvalue weighted by molar-refractivity contribution is -0.136. The van der Waals surface area contributed by atoms with Crippen molar-refractivity contribution in [1.29, 1.82) is 0 Å². The fourth-order valence-electron chi connectivity index (χ4n) is 1.80. The van der Waals surface area contributed by atoms with Crippen molar-refractivity contribution in [2.75, 3.05) is 11.9 Å². The lowest BCUT2D eigenvalue weighted by Gasteiger charge is -2.15. The molecule has 2 rings (SSSR count). The first-order valence-corrected chi connectivity index (χ1v) is 6.34. The minimum absolute atomic E-state index is 0.0379. The van der Waals surface area contributed by atoms with E-state index in [0.717, 1.165) is 11.6 Å². The second-order valence-corrected chi connectivity index (χ2v) is 4.66. The van der Waals surface area contributed by atoms with Crippen molar-refractivity contribution < 1.29 is 13.2 Å². The quantitative estimate of drug-likeness (QED) is 0.905. The van der Waals surface area contributed by atoms with Crippen LogP contribution in [0.25, 0.3) is 0 Å². The number of halogens is 4. The number of hydrogen-bond acceptors (Lipinski definition) is 2. The van der Waals surface area contributed by atoms with Gasteiger partial charge in [-0.25, -0.2) is 0 Å². The van der Waals surface area contributed by atoms with Gasteiger partial charge in [-0.3, -0.25) is 4.98 Å². The van der Waals surface area contributed by atoms with Gasteiger partial charge >= 0.3 is 6.18 Å². The molecule has 0 fully saturated rings. The first-order valence-electron chi connectivity index (χ1n) is 5.96. The van der Waals surface area contributed by atoms with Crippen LogP contribution in [0.5, 0.6) is 0 Å². The molecule has 6 heteroatoms. The molecule has 0 saturated carbocycles. The van der Waals surface area contributed by atoms with Crippen molar-refractivity contribution in [3.05, 3.63) is 58.9 Å². The Bertz CT molecular complexity index is 570. The molecule has 0 aliphatic carbocycles. The van der Waals surface area contributed by atoms with Crippen LogP contribution in [0.2, 0.25) is 5.02 Å². The summed E-state index contributed by atoms with van der Waals surface area (Å²) in [6.45, 7) is 0.398. The molecule has 0 aliphatic heterocycles. The number of aromatic nitrogens is 1. The third-order valence-electron chi connectivity index (χ3n) is 2.77. The zero-order chi connectivity index (χ0) is 14.6. The van der Waals surface area contributed by atoms with Crippen LogP contribution in [0, 0.1) is 0 Å². The zero-order valence-corrected chi connectivity index (χ0v) is 11.2. The molecule has 106 valence electrons. The lowest BCUT2D eigenvalue weighted by atomic mass is 10.1. The van der Waals surface area contributed by atoms with Crippen LogP contribution < -0.4 is 5.32 Å². The van der Waals surface area contributed by atoms with E-state index >= 15 is 0 Å². The summed E-state index contributed by atoms with van der Waals surface area (Å²) in [5, 5.41) is 2.86. The molecule has 0 radical (unpaired) electrons. The summed E-state index contributed by atoms with van der Waals surface area (Å²) < 4.78 is 38.6. The van der Waals surface area contributed by atoms with E-state index in [0.29, 0.717) is 13.0 Å². The van der Waals surface area contributed by atoms with Crippen LogP contribution in [0.3, 0.4) is 0 Å². The highest BCUT2D eigenvalue weighted by atomic mass is 35.5. The highest BCUT2D eigenvalue weighted by molar-refractivity contribution is 6.30. The van der Waals surface area contributed by atoms with Gasteiger partial charge in [-0.2, -0.15) is 13.2 Å². The summed E-state index contributed by atoms with van der Waals surface area (Å²) in [5.74, 6) is 0. The number of nitrogens with zero attached hydrogens (tertiary/aromatic N) is 1. The Kier molecular flexibility index (Phi) is 4.49. The van der Waals surface area contributed by atoms with E-state index in [-0.39, 0.29) is 10.7 Å². The summed E-state index contributed by atoms with van der Waals surface area (Å²) >= 11 is 5.62. The molecule has 20 heavy (non-hydrogen) atoms.